The van der Waals surface area contributed by atoms with Crippen molar-refractivity contribution < 1.29 is 31.8 Å². The average molecular weight is 694 g/mol. The number of terminal acetylenes is 1. The van der Waals surface area contributed by atoms with Crippen molar-refractivity contribution in [1.29, 1.82) is 0 Å². The summed E-state index contributed by atoms with van der Waals surface area (Å²) in [6.45, 7) is 2.75. The number of aromatic nitrogens is 2. The third-order valence-corrected chi connectivity index (χ3v) is 11.6. The van der Waals surface area contributed by atoms with Gasteiger partial charge >= 0.3 is 6.01 Å². The molecule has 3 aliphatic heterocycles. The molecule has 0 amide bonds. The van der Waals surface area contributed by atoms with Gasteiger partial charge in [-0.1, -0.05) is 5.92 Å². The van der Waals surface area contributed by atoms with E-state index < -0.39 is 29.8 Å². The fourth-order valence-electron chi connectivity index (χ4n) is 8.82. The molecule has 0 radical (unpaired) electrons. The Morgan fingerprint density at radius 1 is 1.04 bits per heavy atom. The summed E-state index contributed by atoms with van der Waals surface area (Å²) in [5, 5.41) is 14.2. The van der Waals surface area contributed by atoms with Crippen molar-refractivity contribution in [3.05, 3.63) is 47.0 Å². The Kier molecular flexibility index (Phi) is 8.22. The van der Waals surface area contributed by atoms with Crippen LogP contribution in [0.3, 0.4) is 0 Å². The van der Waals surface area contributed by atoms with E-state index in [0.29, 0.717) is 25.5 Å². The van der Waals surface area contributed by atoms with Gasteiger partial charge in [-0.3, -0.25) is 0 Å². The van der Waals surface area contributed by atoms with Crippen LogP contribution >= 0.6 is 0 Å². The number of alkyl halides is 3. The Labute approximate surface area is 287 Å². The highest BCUT2D eigenvalue weighted by Gasteiger charge is 2.57. The summed E-state index contributed by atoms with van der Waals surface area (Å²) in [7, 11) is 0. The molecule has 2 bridgehead atoms. The zero-order valence-electron chi connectivity index (χ0n) is 27.8. The van der Waals surface area contributed by atoms with Crippen LogP contribution in [0.2, 0.25) is 0 Å². The molecule has 7 nitrogen and oxygen atoms in total. The second kappa shape index (κ2) is 12.4. The van der Waals surface area contributed by atoms with Gasteiger partial charge in [0, 0.05) is 55.4 Å². The van der Waals surface area contributed by atoms with Crippen molar-refractivity contribution in [3.8, 4) is 35.2 Å². The van der Waals surface area contributed by atoms with Crippen LogP contribution in [0.25, 0.3) is 28.1 Å². The van der Waals surface area contributed by atoms with Gasteiger partial charge in [0.2, 0.25) is 5.92 Å². The lowest BCUT2D eigenvalue weighted by molar-refractivity contribution is -0.178. The molecular weight excluding hydrogens is 653 g/mol. The van der Waals surface area contributed by atoms with Gasteiger partial charge in [0.25, 0.3) is 0 Å². The molecule has 8 rings (SSSR count). The maximum atomic E-state index is 16.8. The zero-order valence-corrected chi connectivity index (χ0v) is 27.8. The Balaban J connectivity index is 1.12. The number of hydrogen-bond donors (Lipinski definition) is 2. The quantitative estimate of drug-likeness (QED) is 0.185. The number of nitrogens with zero attached hydrogens (tertiary/aromatic N) is 4. The van der Waals surface area contributed by atoms with Crippen molar-refractivity contribution in [2.45, 2.75) is 76.0 Å². The highest BCUT2D eigenvalue weighted by Crippen LogP contribution is 2.58. The largest absolute Gasteiger partial charge is 0.508 e. The lowest BCUT2D eigenvalue weighted by Gasteiger charge is -2.52. The molecule has 2 N–H and O–H groups in total. The predicted octanol–water partition coefficient (Wildman–Crippen LogP) is 7.01. The summed E-state index contributed by atoms with van der Waals surface area (Å²) in [6, 6.07) is 4.01. The number of benzene rings is 2. The number of phenolic OH excluding ortho intramolecular Hbond substituents is 1. The van der Waals surface area contributed by atoms with Crippen LogP contribution in [0.4, 0.5) is 27.8 Å². The number of aromatic hydroxyl groups is 1. The van der Waals surface area contributed by atoms with Gasteiger partial charge in [0.15, 0.2) is 5.82 Å². The minimum absolute atomic E-state index is 0.00895. The van der Waals surface area contributed by atoms with E-state index in [-0.39, 0.29) is 75.1 Å². The van der Waals surface area contributed by atoms with Gasteiger partial charge in [-0.2, -0.15) is 9.97 Å². The van der Waals surface area contributed by atoms with E-state index in [1.165, 1.54) is 24.3 Å². The average Bonchev–Trinajstić information content (AvgIpc) is 3.76. The van der Waals surface area contributed by atoms with Crippen molar-refractivity contribution in [2.75, 3.05) is 44.2 Å². The van der Waals surface area contributed by atoms with Gasteiger partial charge in [0.1, 0.15) is 29.6 Å². The number of allylic oxidation sites excluding steroid dienone is 1. The molecule has 12 heteroatoms. The van der Waals surface area contributed by atoms with E-state index >= 15 is 8.78 Å². The molecule has 1 aromatic heterocycles. The van der Waals surface area contributed by atoms with Gasteiger partial charge < -0.3 is 25.0 Å². The van der Waals surface area contributed by atoms with Crippen LogP contribution < -0.4 is 15.0 Å². The number of rotatable bonds is 9. The molecule has 5 fully saturated rings. The fraction of sp³-hybridized carbons (Fsp3) is 0.526. The number of phenols is 1. The number of fused-ring (bicyclic) bond motifs is 3. The molecule has 2 aliphatic carbocycles. The Hall–Kier alpha value is -3.95. The first kappa shape index (κ1) is 33.2. The normalized spacial score (nSPS) is 24.8. The summed E-state index contributed by atoms with van der Waals surface area (Å²) in [6.07, 6.45) is 13.4. The van der Waals surface area contributed by atoms with Crippen LogP contribution in [-0.2, 0) is 6.67 Å². The van der Waals surface area contributed by atoms with Gasteiger partial charge in [-0.25, -0.2) is 22.0 Å². The van der Waals surface area contributed by atoms with Crippen LogP contribution in [-0.4, -0.2) is 77.3 Å². The molecule has 3 aromatic rings. The lowest BCUT2D eigenvalue weighted by Crippen LogP contribution is -2.53. The molecule has 3 saturated heterocycles. The summed E-state index contributed by atoms with van der Waals surface area (Å²) in [4.78, 5) is 13.6. The van der Waals surface area contributed by atoms with Gasteiger partial charge in [0.05, 0.1) is 12.2 Å². The standard InChI is InChI=1S/C38H40F5N5O2/c1-2-3-4-23-13-26(49)14-27(29(23)16-39)31-30(40)15-28-33(32(31)41)45-35(46-34(28)48-17-24-5-6-25(18-48)44-24)50-22-37(7-8-37)21-47-11-9-36(10-12-47)19-38(42,43)20-36/h1,3-4,13-15,24-25,44,49H,5-12,16-22H2/b4-3-. The second-order valence-electron chi connectivity index (χ2n) is 15.3. The van der Waals surface area contributed by atoms with E-state index in [1.54, 1.807) is 0 Å². The molecule has 264 valence electrons. The number of anilines is 1. The summed E-state index contributed by atoms with van der Waals surface area (Å²) in [5.74, 6) is -2.10. The Morgan fingerprint density at radius 3 is 2.40 bits per heavy atom. The lowest BCUT2D eigenvalue weighted by atomic mass is 9.61. The molecule has 2 aromatic carbocycles. The van der Waals surface area contributed by atoms with Crippen LogP contribution in [0.15, 0.2) is 24.3 Å². The van der Waals surface area contributed by atoms with Gasteiger partial charge in [-0.05, 0) is 104 Å². The molecule has 2 atom stereocenters. The van der Waals surface area contributed by atoms with Crippen molar-refractivity contribution in [2.24, 2.45) is 10.8 Å². The maximum Gasteiger partial charge on any atom is 0.319 e. The van der Waals surface area contributed by atoms with E-state index in [1.807, 2.05) is 4.90 Å². The first-order chi connectivity index (χ1) is 24.0. The number of piperidine rings is 1. The first-order valence-corrected chi connectivity index (χ1v) is 17.5. The van der Waals surface area contributed by atoms with Gasteiger partial charge in [-0.15, -0.1) is 6.42 Å². The molecule has 2 saturated carbocycles. The summed E-state index contributed by atoms with van der Waals surface area (Å²) in [5.41, 5.74) is -1.02. The number of nitrogens with one attached hydrogen (secondary N) is 1. The molecule has 5 aliphatic rings. The van der Waals surface area contributed by atoms with Crippen molar-refractivity contribution in [1.82, 2.24) is 20.2 Å². The van der Waals surface area contributed by atoms with Crippen molar-refractivity contribution in [3.63, 3.8) is 0 Å². The minimum atomic E-state index is -2.52. The van der Waals surface area contributed by atoms with E-state index in [9.17, 15) is 18.3 Å². The molecule has 1 spiro atoms. The molecule has 50 heavy (non-hydrogen) atoms. The highest BCUT2D eigenvalue weighted by molar-refractivity contribution is 5.94. The number of piperazine rings is 1. The topological polar surface area (TPSA) is 73.8 Å². The fourth-order valence-corrected chi connectivity index (χ4v) is 8.82. The van der Waals surface area contributed by atoms with Crippen molar-refractivity contribution >= 4 is 22.8 Å². The zero-order chi connectivity index (χ0) is 34.8. The maximum absolute atomic E-state index is 16.8. The molecule has 2 unspecified atom stereocenters. The summed E-state index contributed by atoms with van der Waals surface area (Å²) < 4.78 is 80.9. The predicted molar refractivity (Wildman–Crippen MR) is 181 cm³/mol. The monoisotopic (exact) mass is 693 g/mol. The Bertz CT molecular complexity index is 1880. The Morgan fingerprint density at radius 2 is 1.76 bits per heavy atom. The highest BCUT2D eigenvalue weighted by atomic mass is 19.3. The third-order valence-electron chi connectivity index (χ3n) is 11.6. The summed E-state index contributed by atoms with van der Waals surface area (Å²) >= 11 is 0. The number of ether oxygens (including phenoxy) is 1. The number of hydrogen-bond acceptors (Lipinski definition) is 7. The smallest absolute Gasteiger partial charge is 0.319 e. The second-order valence-corrected chi connectivity index (χ2v) is 15.3. The van der Waals surface area contributed by atoms with E-state index in [2.05, 4.69) is 21.1 Å². The van der Waals surface area contributed by atoms with Crippen LogP contribution in [0, 0.1) is 34.8 Å². The first-order valence-electron chi connectivity index (χ1n) is 17.5. The third kappa shape index (κ3) is 6.17. The van der Waals surface area contributed by atoms with E-state index in [0.717, 1.165) is 64.2 Å². The minimum Gasteiger partial charge on any atom is -0.508 e. The SMILES string of the molecule is C#C/C=C\c1cc(O)cc(-c2c(F)cc3c(N4CC5CCC(C4)N5)nc(OCC4(CN5CCC6(CC5)CC(F)(F)C6)CC4)nc3c2F)c1CF. The molecular formula is C38H40F5N5O2. The molecule has 4 heterocycles. The van der Waals surface area contributed by atoms with Crippen LogP contribution in [0.5, 0.6) is 11.8 Å². The van der Waals surface area contributed by atoms with E-state index in [4.69, 9.17) is 16.1 Å². The number of halogens is 5. The number of likely N-dealkylation sites (tertiary alicyclic amines) is 1. The van der Waals surface area contributed by atoms with Crippen LogP contribution in [0.1, 0.15) is 62.5 Å².